The Morgan fingerprint density at radius 3 is 2.60 bits per heavy atom. The number of carbonyl (C=O) groups excluding carboxylic acids is 1. The van der Waals surface area contributed by atoms with E-state index in [-0.39, 0.29) is 30.6 Å². The summed E-state index contributed by atoms with van der Waals surface area (Å²) in [6.07, 6.45) is 0. The van der Waals surface area contributed by atoms with Gasteiger partial charge in [-0.25, -0.2) is 14.8 Å². The monoisotopic (exact) mass is 343 g/mol. The van der Waals surface area contributed by atoms with Crippen molar-refractivity contribution in [2.45, 2.75) is 19.9 Å². The molecule has 0 aliphatic carbocycles. The first-order chi connectivity index (χ1) is 12.1. The highest BCUT2D eigenvalue weighted by Crippen LogP contribution is 2.22. The number of nitrogens with zero attached hydrogens (tertiary/aromatic N) is 4. The van der Waals surface area contributed by atoms with E-state index in [1.54, 1.807) is 32.0 Å². The summed E-state index contributed by atoms with van der Waals surface area (Å²) < 4.78 is 10.1. The highest BCUT2D eigenvalue weighted by atomic mass is 16.5. The SMILES string of the molecule is CCOC(=O)c1nc2ccccc2nc1NC(CO)c1nc(C)no1. The van der Waals surface area contributed by atoms with E-state index in [2.05, 4.69) is 25.4 Å². The van der Waals surface area contributed by atoms with Crippen LogP contribution in [-0.2, 0) is 4.74 Å². The second kappa shape index (κ2) is 7.22. The Kier molecular flexibility index (Phi) is 4.85. The van der Waals surface area contributed by atoms with Crippen LogP contribution in [0.1, 0.15) is 35.2 Å². The van der Waals surface area contributed by atoms with Crippen molar-refractivity contribution in [3.63, 3.8) is 0 Å². The van der Waals surface area contributed by atoms with Gasteiger partial charge in [0.2, 0.25) is 0 Å². The molecule has 0 radical (unpaired) electrons. The third-order valence-electron chi connectivity index (χ3n) is 3.37. The van der Waals surface area contributed by atoms with Crippen LogP contribution in [0.5, 0.6) is 0 Å². The molecule has 9 heteroatoms. The van der Waals surface area contributed by atoms with Crippen molar-refractivity contribution in [3.05, 3.63) is 41.7 Å². The predicted molar refractivity (Wildman–Crippen MR) is 88.0 cm³/mol. The fourth-order valence-corrected chi connectivity index (χ4v) is 2.25. The summed E-state index contributed by atoms with van der Waals surface area (Å²) in [5.74, 6) is 0.184. The number of aliphatic hydroxyl groups is 1. The molecule has 3 aromatic rings. The molecule has 130 valence electrons. The molecule has 1 aromatic carbocycles. The second-order valence-corrected chi connectivity index (χ2v) is 5.19. The molecule has 2 N–H and O–H groups in total. The first kappa shape index (κ1) is 16.8. The number of aryl methyl sites for hydroxylation is 1. The molecule has 0 saturated heterocycles. The number of ether oxygens (including phenoxy) is 1. The van der Waals surface area contributed by atoms with E-state index in [1.165, 1.54) is 0 Å². The summed E-state index contributed by atoms with van der Waals surface area (Å²) in [5, 5.41) is 16.3. The largest absolute Gasteiger partial charge is 0.461 e. The Labute approximate surface area is 143 Å². The van der Waals surface area contributed by atoms with Crippen LogP contribution in [0, 0.1) is 6.92 Å². The Morgan fingerprint density at radius 2 is 2.00 bits per heavy atom. The van der Waals surface area contributed by atoms with Crippen LogP contribution in [0.25, 0.3) is 11.0 Å². The summed E-state index contributed by atoms with van der Waals surface area (Å²) >= 11 is 0. The van der Waals surface area contributed by atoms with Crippen molar-refractivity contribution >= 4 is 22.8 Å². The van der Waals surface area contributed by atoms with Crippen LogP contribution >= 0.6 is 0 Å². The van der Waals surface area contributed by atoms with Gasteiger partial charge in [-0.15, -0.1) is 0 Å². The summed E-state index contributed by atoms with van der Waals surface area (Å²) in [6.45, 7) is 3.25. The molecule has 0 spiro atoms. The van der Waals surface area contributed by atoms with Crippen LogP contribution < -0.4 is 5.32 Å². The maximum absolute atomic E-state index is 12.2. The van der Waals surface area contributed by atoms with Crippen molar-refractivity contribution in [2.24, 2.45) is 0 Å². The summed E-state index contributed by atoms with van der Waals surface area (Å²) in [7, 11) is 0. The van der Waals surface area contributed by atoms with Gasteiger partial charge in [0.05, 0.1) is 24.2 Å². The van der Waals surface area contributed by atoms with E-state index < -0.39 is 12.0 Å². The lowest BCUT2D eigenvalue weighted by molar-refractivity contribution is 0.0520. The molecule has 0 fully saturated rings. The van der Waals surface area contributed by atoms with Gasteiger partial charge in [-0.1, -0.05) is 17.3 Å². The summed E-state index contributed by atoms with van der Waals surface area (Å²) in [5.41, 5.74) is 1.18. The molecule has 0 saturated carbocycles. The van der Waals surface area contributed by atoms with Crippen molar-refractivity contribution < 1.29 is 19.2 Å². The number of fused-ring (bicyclic) bond motifs is 1. The van der Waals surface area contributed by atoms with E-state index in [9.17, 15) is 9.90 Å². The molecule has 3 rings (SSSR count). The highest BCUT2D eigenvalue weighted by Gasteiger charge is 2.23. The number of carbonyl (C=O) groups is 1. The predicted octanol–water partition coefficient (Wildman–Crippen LogP) is 1.64. The van der Waals surface area contributed by atoms with Gasteiger partial charge >= 0.3 is 5.97 Å². The highest BCUT2D eigenvalue weighted by molar-refractivity contribution is 5.95. The maximum Gasteiger partial charge on any atom is 0.360 e. The van der Waals surface area contributed by atoms with E-state index >= 15 is 0 Å². The van der Waals surface area contributed by atoms with Crippen molar-refractivity contribution in [1.29, 1.82) is 0 Å². The third-order valence-corrected chi connectivity index (χ3v) is 3.37. The van der Waals surface area contributed by atoms with E-state index in [0.717, 1.165) is 0 Å². The van der Waals surface area contributed by atoms with Crippen LogP contribution in [-0.4, -0.2) is 44.4 Å². The molecular weight excluding hydrogens is 326 g/mol. The molecule has 1 unspecified atom stereocenters. The topological polar surface area (TPSA) is 123 Å². The first-order valence-electron chi connectivity index (χ1n) is 7.74. The number of hydrogen-bond donors (Lipinski definition) is 2. The van der Waals surface area contributed by atoms with Gasteiger partial charge in [0.1, 0.15) is 6.04 Å². The zero-order valence-corrected chi connectivity index (χ0v) is 13.8. The minimum Gasteiger partial charge on any atom is -0.461 e. The molecule has 0 bridgehead atoms. The van der Waals surface area contributed by atoms with E-state index in [0.29, 0.717) is 16.9 Å². The van der Waals surface area contributed by atoms with Crippen molar-refractivity contribution in [1.82, 2.24) is 20.1 Å². The van der Waals surface area contributed by atoms with E-state index in [4.69, 9.17) is 9.26 Å². The Hall–Kier alpha value is -3.07. The van der Waals surface area contributed by atoms with Gasteiger partial charge in [0.25, 0.3) is 5.89 Å². The Morgan fingerprint density at radius 1 is 1.28 bits per heavy atom. The van der Waals surface area contributed by atoms with Crippen molar-refractivity contribution in [3.8, 4) is 0 Å². The van der Waals surface area contributed by atoms with Gasteiger partial charge in [-0.3, -0.25) is 0 Å². The lowest BCUT2D eigenvalue weighted by Gasteiger charge is -2.15. The lowest BCUT2D eigenvalue weighted by atomic mass is 10.2. The number of para-hydroxylation sites is 2. The van der Waals surface area contributed by atoms with Crippen molar-refractivity contribution in [2.75, 3.05) is 18.5 Å². The molecule has 0 aliphatic heterocycles. The van der Waals surface area contributed by atoms with Gasteiger partial charge in [-0.05, 0) is 26.0 Å². The average molecular weight is 343 g/mol. The number of aliphatic hydroxyl groups excluding tert-OH is 1. The lowest BCUT2D eigenvalue weighted by Crippen LogP contribution is -2.20. The Bertz CT molecular complexity index is 895. The maximum atomic E-state index is 12.2. The minimum absolute atomic E-state index is 0.0234. The molecule has 9 nitrogen and oxygen atoms in total. The number of rotatable bonds is 6. The van der Waals surface area contributed by atoms with Gasteiger partial charge in [-0.2, -0.15) is 4.98 Å². The number of anilines is 1. The number of esters is 1. The molecule has 0 aliphatic rings. The smallest absolute Gasteiger partial charge is 0.360 e. The van der Waals surface area contributed by atoms with Crippen LogP contribution in [0.3, 0.4) is 0 Å². The molecular formula is C16H17N5O4. The zero-order chi connectivity index (χ0) is 17.8. The van der Waals surface area contributed by atoms with E-state index in [1.807, 2.05) is 6.07 Å². The van der Waals surface area contributed by atoms with Gasteiger partial charge in [0.15, 0.2) is 17.3 Å². The number of aromatic nitrogens is 4. The number of nitrogens with one attached hydrogen (secondary N) is 1. The van der Waals surface area contributed by atoms with Crippen LogP contribution in [0.4, 0.5) is 5.82 Å². The third kappa shape index (κ3) is 3.56. The average Bonchev–Trinajstić information content (AvgIpc) is 3.05. The first-order valence-corrected chi connectivity index (χ1v) is 7.74. The fourth-order valence-electron chi connectivity index (χ4n) is 2.25. The molecule has 2 aromatic heterocycles. The molecule has 0 amide bonds. The quantitative estimate of drug-likeness (QED) is 0.643. The standard InChI is InChI=1S/C16H17N5O4/c1-3-24-16(23)13-14(19-11-7-5-4-6-10(11)18-13)20-12(8-22)15-17-9(2)21-25-15/h4-7,12,22H,3,8H2,1-2H3,(H,19,20). The van der Waals surface area contributed by atoms with Gasteiger partial charge < -0.3 is 19.7 Å². The van der Waals surface area contributed by atoms with Crippen LogP contribution in [0.15, 0.2) is 28.8 Å². The summed E-state index contributed by atoms with van der Waals surface area (Å²) in [4.78, 5) is 25.1. The Balaban J connectivity index is 2.02. The zero-order valence-electron chi connectivity index (χ0n) is 13.8. The molecule has 25 heavy (non-hydrogen) atoms. The minimum atomic E-state index is -0.732. The van der Waals surface area contributed by atoms with Gasteiger partial charge in [0, 0.05) is 0 Å². The summed E-state index contributed by atoms with van der Waals surface area (Å²) in [6, 6.07) is 6.41. The number of benzene rings is 1. The normalized spacial score (nSPS) is 12.1. The van der Waals surface area contributed by atoms with Crippen LogP contribution in [0.2, 0.25) is 0 Å². The second-order valence-electron chi connectivity index (χ2n) is 5.19. The number of hydrogen-bond acceptors (Lipinski definition) is 9. The molecule has 2 heterocycles. The fraction of sp³-hybridized carbons (Fsp3) is 0.312. The molecule has 1 atom stereocenters.